The average molecular weight is 283 g/mol. The topological polar surface area (TPSA) is 55.1 Å². The number of benzene rings is 1. The highest BCUT2D eigenvalue weighted by Crippen LogP contribution is 2.23. The number of nitrogens with zero attached hydrogens (tertiary/aromatic N) is 1. The van der Waals surface area contributed by atoms with Crippen LogP contribution in [0.3, 0.4) is 0 Å². The van der Waals surface area contributed by atoms with Crippen LogP contribution in [0.1, 0.15) is 17.0 Å². The van der Waals surface area contributed by atoms with Gasteiger partial charge in [0.1, 0.15) is 11.6 Å². The molecule has 0 unspecified atom stereocenters. The predicted molar refractivity (Wildman–Crippen MR) is 69.7 cm³/mol. The average Bonchev–Trinajstić information content (AvgIpc) is 2.65. The molecule has 1 N–H and O–H groups in total. The summed E-state index contributed by atoms with van der Waals surface area (Å²) < 4.78 is 17.9. The van der Waals surface area contributed by atoms with Crippen LogP contribution in [0.25, 0.3) is 0 Å². The lowest BCUT2D eigenvalue weighted by Gasteiger charge is -2.07. The molecule has 0 fully saturated rings. The second-order valence-corrected chi connectivity index (χ2v) is 4.56. The molecule has 0 atom stereocenters. The Morgan fingerprint density at radius 1 is 1.47 bits per heavy atom. The van der Waals surface area contributed by atoms with Crippen LogP contribution in [-0.4, -0.2) is 11.1 Å². The van der Waals surface area contributed by atoms with E-state index in [1.807, 2.05) is 0 Å². The van der Waals surface area contributed by atoms with Crippen LogP contribution < -0.4 is 5.32 Å². The lowest BCUT2D eigenvalue weighted by atomic mass is 10.1. The molecule has 0 aliphatic heterocycles. The van der Waals surface area contributed by atoms with Crippen LogP contribution in [0.4, 0.5) is 10.1 Å². The fraction of sp³-hybridized carbons (Fsp3) is 0.231. The van der Waals surface area contributed by atoms with Crippen molar-refractivity contribution >= 4 is 23.2 Å². The molecule has 0 aliphatic carbocycles. The number of hydrogen-bond acceptors (Lipinski definition) is 3. The van der Waals surface area contributed by atoms with Gasteiger partial charge in [0.2, 0.25) is 5.91 Å². The molecule has 1 amide bonds. The van der Waals surface area contributed by atoms with E-state index < -0.39 is 5.82 Å². The van der Waals surface area contributed by atoms with Crippen molar-refractivity contribution in [3.63, 3.8) is 0 Å². The predicted octanol–water partition coefficient (Wildman–Crippen LogP) is 3.27. The number of rotatable bonds is 3. The lowest BCUT2D eigenvalue weighted by Crippen LogP contribution is -2.15. The van der Waals surface area contributed by atoms with Gasteiger partial charge in [0.15, 0.2) is 0 Å². The van der Waals surface area contributed by atoms with E-state index in [2.05, 4.69) is 10.5 Å². The molecular formula is C13H12ClFN2O2. The molecule has 4 nitrogen and oxygen atoms in total. The summed E-state index contributed by atoms with van der Waals surface area (Å²) in [5.41, 5.74) is 1.80. The molecular weight excluding hydrogens is 271 g/mol. The molecule has 1 aromatic heterocycles. The first kappa shape index (κ1) is 13.5. The molecule has 2 rings (SSSR count). The first-order valence-electron chi connectivity index (χ1n) is 5.64. The summed E-state index contributed by atoms with van der Waals surface area (Å²) in [4.78, 5) is 11.9. The number of nitrogens with one attached hydrogen (secondary N) is 1. The van der Waals surface area contributed by atoms with Crippen molar-refractivity contribution in [3.8, 4) is 0 Å². The number of carbonyl (C=O) groups excluding carboxylic acids is 1. The zero-order valence-corrected chi connectivity index (χ0v) is 11.2. The fourth-order valence-electron chi connectivity index (χ4n) is 1.70. The molecule has 1 aromatic carbocycles. The minimum Gasteiger partial charge on any atom is -0.361 e. The van der Waals surface area contributed by atoms with Crippen molar-refractivity contribution in [2.24, 2.45) is 0 Å². The van der Waals surface area contributed by atoms with Gasteiger partial charge in [-0.25, -0.2) is 4.39 Å². The molecule has 0 saturated carbocycles. The summed E-state index contributed by atoms with van der Waals surface area (Å²) in [5, 5.41) is 6.56. The third-order valence-corrected chi connectivity index (χ3v) is 3.04. The number of carbonyl (C=O) groups is 1. The minimum atomic E-state index is -0.450. The summed E-state index contributed by atoms with van der Waals surface area (Å²) in [7, 11) is 0. The van der Waals surface area contributed by atoms with Crippen LogP contribution in [-0.2, 0) is 11.2 Å². The summed E-state index contributed by atoms with van der Waals surface area (Å²) in [6.45, 7) is 3.51. The second-order valence-electron chi connectivity index (χ2n) is 4.15. The van der Waals surface area contributed by atoms with E-state index in [1.54, 1.807) is 13.8 Å². The van der Waals surface area contributed by atoms with E-state index in [1.165, 1.54) is 12.1 Å². The van der Waals surface area contributed by atoms with Crippen molar-refractivity contribution < 1.29 is 13.7 Å². The highest BCUT2D eigenvalue weighted by Gasteiger charge is 2.14. The van der Waals surface area contributed by atoms with Gasteiger partial charge in [-0.15, -0.1) is 0 Å². The van der Waals surface area contributed by atoms with Crippen molar-refractivity contribution in [1.82, 2.24) is 5.16 Å². The van der Waals surface area contributed by atoms with Crippen LogP contribution in [0, 0.1) is 19.7 Å². The first-order chi connectivity index (χ1) is 8.97. The van der Waals surface area contributed by atoms with Crippen molar-refractivity contribution in [1.29, 1.82) is 0 Å². The van der Waals surface area contributed by atoms with Crippen LogP contribution in [0.15, 0.2) is 22.7 Å². The monoisotopic (exact) mass is 282 g/mol. The molecule has 0 spiro atoms. The Kier molecular flexibility index (Phi) is 3.85. The Hall–Kier alpha value is -1.88. The molecule has 0 aliphatic rings. The van der Waals surface area contributed by atoms with Gasteiger partial charge in [-0.3, -0.25) is 4.79 Å². The van der Waals surface area contributed by atoms with Gasteiger partial charge in [-0.05, 0) is 32.0 Å². The molecule has 100 valence electrons. The maximum absolute atomic E-state index is 12.9. The Balaban J connectivity index is 2.10. The standard InChI is InChI=1S/C13H12ClFN2O2/c1-7-10(8(2)19-17-7)6-13(18)16-12-4-3-9(15)5-11(12)14/h3-5H,6H2,1-2H3,(H,16,18). The quantitative estimate of drug-likeness (QED) is 0.940. The Bertz CT molecular complexity index is 606. The number of aryl methyl sites for hydroxylation is 2. The van der Waals surface area contributed by atoms with Gasteiger partial charge in [0, 0.05) is 5.56 Å². The largest absolute Gasteiger partial charge is 0.361 e. The van der Waals surface area contributed by atoms with E-state index in [0.717, 1.165) is 11.6 Å². The zero-order valence-electron chi connectivity index (χ0n) is 10.5. The van der Waals surface area contributed by atoms with E-state index >= 15 is 0 Å². The molecule has 19 heavy (non-hydrogen) atoms. The van der Waals surface area contributed by atoms with Gasteiger partial charge in [0.05, 0.1) is 22.8 Å². The van der Waals surface area contributed by atoms with Crippen LogP contribution in [0.2, 0.25) is 5.02 Å². The third kappa shape index (κ3) is 3.12. The highest BCUT2D eigenvalue weighted by molar-refractivity contribution is 6.33. The summed E-state index contributed by atoms with van der Waals surface area (Å²) in [6, 6.07) is 3.80. The van der Waals surface area contributed by atoms with E-state index in [0.29, 0.717) is 17.1 Å². The molecule has 1 heterocycles. The smallest absolute Gasteiger partial charge is 0.229 e. The minimum absolute atomic E-state index is 0.134. The number of hydrogen-bond donors (Lipinski definition) is 1. The number of anilines is 1. The van der Waals surface area contributed by atoms with Crippen LogP contribution >= 0.6 is 11.6 Å². The third-order valence-electron chi connectivity index (χ3n) is 2.72. The van der Waals surface area contributed by atoms with Gasteiger partial charge < -0.3 is 9.84 Å². The highest BCUT2D eigenvalue weighted by atomic mass is 35.5. The maximum Gasteiger partial charge on any atom is 0.229 e. The molecule has 0 bridgehead atoms. The van der Waals surface area contributed by atoms with E-state index in [4.69, 9.17) is 16.1 Å². The molecule has 6 heteroatoms. The Labute approximate surface area is 114 Å². The van der Waals surface area contributed by atoms with Crippen molar-refractivity contribution in [2.45, 2.75) is 20.3 Å². The van der Waals surface area contributed by atoms with Crippen LogP contribution in [0.5, 0.6) is 0 Å². The van der Waals surface area contributed by atoms with Gasteiger partial charge in [-0.1, -0.05) is 16.8 Å². The van der Waals surface area contributed by atoms with Gasteiger partial charge in [-0.2, -0.15) is 0 Å². The fourth-order valence-corrected chi connectivity index (χ4v) is 1.91. The zero-order chi connectivity index (χ0) is 14.0. The van der Waals surface area contributed by atoms with Gasteiger partial charge in [0.25, 0.3) is 0 Å². The summed E-state index contributed by atoms with van der Waals surface area (Å²) in [6.07, 6.45) is 0.134. The number of halogens is 2. The summed E-state index contributed by atoms with van der Waals surface area (Å²) >= 11 is 5.83. The second kappa shape index (κ2) is 5.40. The van der Waals surface area contributed by atoms with E-state index in [9.17, 15) is 9.18 Å². The molecule has 0 saturated heterocycles. The maximum atomic E-state index is 12.9. The van der Waals surface area contributed by atoms with Gasteiger partial charge >= 0.3 is 0 Å². The summed E-state index contributed by atoms with van der Waals surface area (Å²) in [5.74, 6) is -0.102. The normalized spacial score (nSPS) is 10.5. The van der Waals surface area contributed by atoms with Crippen molar-refractivity contribution in [2.75, 3.05) is 5.32 Å². The SMILES string of the molecule is Cc1noc(C)c1CC(=O)Nc1ccc(F)cc1Cl. The van der Waals surface area contributed by atoms with Crippen molar-refractivity contribution in [3.05, 3.63) is 46.1 Å². The van der Waals surface area contributed by atoms with E-state index in [-0.39, 0.29) is 17.4 Å². The number of aromatic nitrogens is 1. The number of amides is 1. The molecule has 0 radical (unpaired) electrons. The Morgan fingerprint density at radius 2 is 2.21 bits per heavy atom. The Morgan fingerprint density at radius 3 is 2.79 bits per heavy atom. The lowest BCUT2D eigenvalue weighted by molar-refractivity contribution is -0.115. The first-order valence-corrected chi connectivity index (χ1v) is 6.02. The molecule has 2 aromatic rings.